The number of hydrogen-bond donors (Lipinski definition) is 3. The summed E-state index contributed by atoms with van der Waals surface area (Å²) in [6.07, 6.45) is 4.02. The van der Waals surface area contributed by atoms with Crippen LogP contribution < -0.4 is 10.6 Å². The molecule has 1 aromatic heterocycles. The summed E-state index contributed by atoms with van der Waals surface area (Å²) in [5.74, 6) is -1.86. The van der Waals surface area contributed by atoms with Crippen molar-refractivity contribution in [1.82, 2.24) is 25.6 Å². The van der Waals surface area contributed by atoms with Gasteiger partial charge in [-0.2, -0.15) is 0 Å². The van der Waals surface area contributed by atoms with Gasteiger partial charge in [0, 0.05) is 6.54 Å². The van der Waals surface area contributed by atoms with Crippen LogP contribution in [0.15, 0.2) is 6.20 Å². The Bertz CT molecular complexity index is 496. The average molecular weight is 295 g/mol. The fourth-order valence-corrected chi connectivity index (χ4v) is 2.34. The zero-order valence-electron chi connectivity index (χ0n) is 12.1. The van der Waals surface area contributed by atoms with Gasteiger partial charge < -0.3 is 15.7 Å². The first-order chi connectivity index (χ1) is 10.1. The van der Waals surface area contributed by atoms with E-state index in [0.717, 1.165) is 25.9 Å². The maximum atomic E-state index is 12.0. The number of rotatable bonds is 6. The second-order valence-electron chi connectivity index (χ2n) is 5.22. The fraction of sp³-hybridized carbons (Fsp3) is 0.692. The van der Waals surface area contributed by atoms with Gasteiger partial charge in [-0.3, -0.25) is 9.59 Å². The van der Waals surface area contributed by atoms with E-state index in [4.69, 9.17) is 5.11 Å². The Morgan fingerprint density at radius 3 is 2.86 bits per heavy atom. The molecule has 3 N–H and O–H groups in total. The summed E-state index contributed by atoms with van der Waals surface area (Å²) in [7, 11) is 0. The molecule has 0 bridgehead atoms. The topological polar surface area (TPSA) is 109 Å². The quantitative estimate of drug-likeness (QED) is 0.684. The van der Waals surface area contributed by atoms with Crippen LogP contribution in [0.25, 0.3) is 0 Å². The van der Waals surface area contributed by atoms with Gasteiger partial charge in [-0.05, 0) is 32.4 Å². The first kappa shape index (κ1) is 15.4. The van der Waals surface area contributed by atoms with E-state index < -0.39 is 11.9 Å². The minimum atomic E-state index is -0.906. The molecule has 1 aliphatic heterocycles. The minimum absolute atomic E-state index is 0.102. The molecule has 2 heterocycles. The second-order valence-corrected chi connectivity index (χ2v) is 5.22. The zero-order chi connectivity index (χ0) is 15.2. The van der Waals surface area contributed by atoms with Gasteiger partial charge in [0.15, 0.2) is 5.69 Å². The van der Waals surface area contributed by atoms with Gasteiger partial charge in [-0.15, -0.1) is 5.10 Å². The van der Waals surface area contributed by atoms with Crippen LogP contribution in [0.2, 0.25) is 0 Å². The van der Waals surface area contributed by atoms with Crippen molar-refractivity contribution in [3.05, 3.63) is 11.9 Å². The van der Waals surface area contributed by atoms with Crippen molar-refractivity contribution in [2.45, 2.75) is 32.2 Å². The van der Waals surface area contributed by atoms with Crippen LogP contribution in [0.5, 0.6) is 0 Å². The largest absolute Gasteiger partial charge is 0.481 e. The third-order valence-corrected chi connectivity index (χ3v) is 3.78. The lowest BCUT2D eigenvalue weighted by atomic mass is 10.1. The highest BCUT2D eigenvalue weighted by molar-refractivity contribution is 5.92. The zero-order valence-corrected chi connectivity index (χ0v) is 12.1. The normalized spacial score (nSPS) is 17.4. The molecule has 1 amide bonds. The van der Waals surface area contributed by atoms with Crippen molar-refractivity contribution in [3.63, 3.8) is 0 Å². The van der Waals surface area contributed by atoms with Gasteiger partial charge in [0.05, 0.1) is 18.2 Å². The molecular formula is C13H21N5O3. The number of carboxylic acids is 1. The van der Waals surface area contributed by atoms with Crippen LogP contribution in [0, 0.1) is 5.92 Å². The first-order valence-corrected chi connectivity index (χ1v) is 7.25. The third-order valence-electron chi connectivity index (χ3n) is 3.78. The van der Waals surface area contributed by atoms with Crippen molar-refractivity contribution >= 4 is 11.9 Å². The number of carbonyl (C=O) groups is 2. The molecule has 1 aromatic rings. The smallest absolute Gasteiger partial charge is 0.308 e. The molecule has 0 radical (unpaired) electrons. The molecule has 8 nitrogen and oxygen atoms in total. The van der Waals surface area contributed by atoms with E-state index >= 15 is 0 Å². The Balaban J connectivity index is 1.91. The Labute approximate surface area is 122 Å². The van der Waals surface area contributed by atoms with Crippen molar-refractivity contribution < 1.29 is 14.7 Å². The first-order valence-electron chi connectivity index (χ1n) is 7.25. The fourth-order valence-electron chi connectivity index (χ4n) is 2.34. The van der Waals surface area contributed by atoms with Crippen LogP contribution in [-0.4, -0.2) is 51.6 Å². The van der Waals surface area contributed by atoms with Crippen LogP contribution in [0.4, 0.5) is 0 Å². The lowest BCUT2D eigenvalue weighted by Gasteiger charge is -2.22. The summed E-state index contributed by atoms with van der Waals surface area (Å²) in [6, 6.07) is 0.266. The molecule has 2 rings (SSSR count). The maximum Gasteiger partial charge on any atom is 0.308 e. The molecule has 21 heavy (non-hydrogen) atoms. The van der Waals surface area contributed by atoms with E-state index in [0.29, 0.717) is 6.42 Å². The van der Waals surface area contributed by atoms with Gasteiger partial charge >= 0.3 is 5.97 Å². The number of carboxylic acid groups (broad SMARTS) is 1. The van der Waals surface area contributed by atoms with E-state index in [1.807, 2.05) is 0 Å². The molecular weight excluding hydrogens is 274 g/mol. The molecule has 1 atom stereocenters. The average Bonchev–Trinajstić information content (AvgIpc) is 2.98. The number of aliphatic carboxylic acids is 1. The molecule has 0 aliphatic carbocycles. The summed E-state index contributed by atoms with van der Waals surface area (Å²) >= 11 is 0. The molecule has 0 saturated carbocycles. The standard InChI is InChI=1S/C13H21N5O3/c1-2-9(13(20)21)7-15-12(19)11-8-18(17-16-11)10-3-5-14-6-4-10/h8-10,14H,2-7H2,1H3,(H,15,19)(H,20,21). The van der Waals surface area contributed by atoms with Gasteiger partial charge in [-0.25, -0.2) is 4.68 Å². The van der Waals surface area contributed by atoms with E-state index in [1.165, 1.54) is 0 Å². The SMILES string of the molecule is CCC(CNC(=O)c1cn(C2CCNCC2)nn1)C(=O)O. The lowest BCUT2D eigenvalue weighted by molar-refractivity contribution is -0.141. The number of piperidine rings is 1. The summed E-state index contributed by atoms with van der Waals surface area (Å²) < 4.78 is 1.73. The summed E-state index contributed by atoms with van der Waals surface area (Å²) in [4.78, 5) is 22.9. The summed E-state index contributed by atoms with van der Waals surface area (Å²) in [6.45, 7) is 3.74. The van der Waals surface area contributed by atoms with Crippen molar-refractivity contribution in [2.75, 3.05) is 19.6 Å². The Morgan fingerprint density at radius 1 is 1.52 bits per heavy atom. The van der Waals surface area contributed by atoms with E-state index in [-0.39, 0.29) is 24.2 Å². The molecule has 1 aliphatic rings. The van der Waals surface area contributed by atoms with Crippen LogP contribution in [0.3, 0.4) is 0 Å². The number of carbonyl (C=O) groups excluding carboxylic acids is 1. The lowest BCUT2D eigenvalue weighted by Crippen LogP contribution is -2.32. The minimum Gasteiger partial charge on any atom is -0.481 e. The van der Waals surface area contributed by atoms with Gasteiger partial charge in [0.25, 0.3) is 5.91 Å². The third kappa shape index (κ3) is 4.01. The molecule has 1 fully saturated rings. The molecule has 1 unspecified atom stereocenters. The highest BCUT2D eigenvalue weighted by Crippen LogP contribution is 2.17. The monoisotopic (exact) mass is 295 g/mol. The number of hydrogen-bond acceptors (Lipinski definition) is 5. The summed E-state index contributed by atoms with van der Waals surface area (Å²) in [5, 5.41) is 22.7. The van der Waals surface area contributed by atoms with Crippen molar-refractivity contribution in [2.24, 2.45) is 5.92 Å². The Hall–Kier alpha value is -1.96. The van der Waals surface area contributed by atoms with Crippen molar-refractivity contribution in [1.29, 1.82) is 0 Å². The van der Waals surface area contributed by atoms with Crippen LogP contribution >= 0.6 is 0 Å². The maximum absolute atomic E-state index is 12.0. The van der Waals surface area contributed by atoms with Gasteiger partial charge in [0.1, 0.15) is 0 Å². The number of nitrogens with one attached hydrogen (secondary N) is 2. The van der Waals surface area contributed by atoms with E-state index in [1.54, 1.807) is 17.8 Å². The number of nitrogens with zero attached hydrogens (tertiary/aromatic N) is 3. The number of amides is 1. The Morgan fingerprint density at radius 2 is 2.24 bits per heavy atom. The molecule has 8 heteroatoms. The van der Waals surface area contributed by atoms with Crippen LogP contribution in [0.1, 0.15) is 42.7 Å². The molecule has 1 saturated heterocycles. The van der Waals surface area contributed by atoms with Gasteiger partial charge in [0.2, 0.25) is 0 Å². The highest BCUT2D eigenvalue weighted by Gasteiger charge is 2.20. The van der Waals surface area contributed by atoms with Gasteiger partial charge in [-0.1, -0.05) is 12.1 Å². The predicted octanol–water partition coefficient (Wildman–Crippen LogP) is 0.0432. The molecule has 116 valence electrons. The molecule has 0 aromatic carbocycles. The van der Waals surface area contributed by atoms with Crippen molar-refractivity contribution in [3.8, 4) is 0 Å². The van der Waals surface area contributed by atoms with Crippen LogP contribution in [-0.2, 0) is 4.79 Å². The molecule has 0 spiro atoms. The Kier molecular flexibility index (Phi) is 5.26. The predicted molar refractivity (Wildman–Crippen MR) is 74.9 cm³/mol. The highest BCUT2D eigenvalue weighted by atomic mass is 16.4. The summed E-state index contributed by atoms with van der Waals surface area (Å²) in [5.41, 5.74) is 0.230. The second kappa shape index (κ2) is 7.16. The van der Waals surface area contributed by atoms with E-state index in [2.05, 4.69) is 20.9 Å². The number of aromatic nitrogens is 3. The van der Waals surface area contributed by atoms with E-state index in [9.17, 15) is 9.59 Å².